The normalized spacial score (nSPS) is 26.9. The average molecular weight is 202 g/mol. The largest absolute Gasteiger partial charge is 0.384 e. The molecule has 78 valence electrons. The summed E-state index contributed by atoms with van der Waals surface area (Å²) in [7, 11) is 0. The van der Waals surface area contributed by atoms with Gasteiger partial charge >= 0.3 is 0 Å². The van der Waals surface area contributed by atoms with E-state index in [1.807, 2.05) is 6.92 Å². The van der Waals surface area contributed by atoms with Crippen LogP contribution in [0.5, 0.6) is 0 Å². The van der Waals surface area contributed by atoms with Crippen molar-refractivity contribution >= 4 is 17.3 Å². The zero-order valence-electron chi connectivity index (χ0n) is 8.98. The highest BCUT2D eigenvalue weighted by atomic mass is 16.1. The van der Waals surface area contributed by atoms with Gasteiger partial charge in [0.15, 0.2) is 0 Å². The van der Waals surface area contributed by atoms with Crippen LogP contribution in [-0.2, 0) is 10.2 Å². The number of nitrogens with one attached hydrogen (secondary N) is 2. The van der Waals surface area contributed by atoms with Crippen LogP contribution in [-0.4, -0.2) is 12.5 Å². The van der Waals surface area contributed by atoms with Crippen molar-refractivity contribution in [2.24, 2.45) is 0 Å². The first kappa shape index (κ1) is 8.77. The van der Waals surface area contributed by atoms with E-state index in [1.54, 1.807) is 0 Å². The Morgan fingerprint density at radius 1 is 1.40 bits per heavy atom. The fraction of sp³-hybridized carbons (Fsp3) is 0.417. The molecule has 2 heterocycles. The Morgan fingerprint density at radius 2 is 2.20 bits per heavy atom. The molecule has 2 N–H and O–H groups in total. The number of benzene rings is 1. The molecule has 1 atom stereocenters. The highest BCUT2D eigenvalue weighted by molar-refractivity contribution is 5.99. The summed E-state index contributed by atoms with van der Waals surface area (Å²) in [6.45, 7) is 5.07. The molecule has 0 bridgehead atoms. The van der Waals surface area contributed by atoms with Gasteiger partial charge < -0.3 is 10.6 Å². The quantitative estimate of drug-likeness (QED) is 0.675. The molecule has 0 saturated carbocycles. The second kappa shape index (κ2) is 2.54. The van der Waals surface area contributed by atoms with Gasteiger partial charge in [0.1, 0.15) is 0 Å². The van der Waals surface area contributed by atoms with E-state index in [0.29, 0.717) is 6.42 Å². The van der Waals surface area contributed by atoms with Crippen LogP contribution in [0.3, 0.4) is 0 Å². The Kier molecular flexibility index (Phi) is 1.48. The van der Waals surface area contributed by atoms with Crippen molar-refractivity contribution in [2.75, 3.05) is 17.2 Å². The Labute approximate surface area is 88.9 Å². The van der Waals surface area contributed by atoms with Crippen LogP contribution in [0.15, 0.2) is 12.1 Å². The first-order chi connectivity index (χ1) is 7.10. The molecule has 0 spiro atoms. The lowest BCUT2D eigenvalue weighted by molar-refractivity contribution is -0.117. The van der Waals surface area contributed by atoms with Crippen LogP contribution in [0.4, 0.5) is 11.4 Å². The molecule has 3 nitrogen and oxygen atoms in total. The minimum Gasteiger partial charge on any atom is -0.384 e. The molecule has 2 aliphatic heterocycles. The van der Waals surface area contributed by atoms with Crippen LogP contribution in [0.25, 0.3) is 0 Å². The molecular weight excluding hydrogens is 188 g/mol. The van der Waals surface area contributed by atoms with Crippen molar-refractivity contribution in [3.8, 4) is 0 Å². The molecule has 15 heavy (non-hydrogen) atoms. The maximum atomic E-state index is 11.6. The van der Waals surface area contributed by atoms with E-state index < -0.39 is 0 Å². The molecule has 3 rings (SSSR count). The molecule has 0 radical (unpaired) electrons. The number of rotatable bonds is 0. The molecule has 0 aliphatic carbocycles. The molecule has 2 aliphatic rings. The first-order valence-corrected chi connectivity index (χ1v) is 5.28. The van der Waals surface area contributed by atoms with Crippen molar-refractivity contribution in [1.29, 1.82) is 0 Å². The van der Waals surface area contributed by atoms with Crippen molar-refractivity contribution in [1.82, 2.24) is 0 Å². The molecule has 1 aromatic rings. The van der Waals surface area contributed by atoms with Gasteiger partial charge in [-0.15, -0.1) is 0 Å². The average Bonchev–Trinajstić information content (AvgIpc) is 2.49. The predicted molar refractivity (Wildman–Crippen MR) is 60.3 cm³/mol. The highest BCUT2D eigenvalue weighted by Gasteiger charge is 2.42. The summed E-state index contributed by atoms with van der Waals surface area (Å²) in [5.74, 6) is 0.133. The molecular formula is C12H14N2O. The first-order valence-electron chi connectivity index (χ1n) is 5.28. The van der Waals surface area contributed by atoms with Gasteiger partial charge in [-0.1, -0.05) is 13.0 Å². The molecule has 0 aromatic heterocycles. The summed E-state index contributed by atoms with van der Waals surface area (Å²) >= 11 is 0. The van der Waals surface area contributed by atoms with Gasteiger partial charge in [0.05, 0.1) is 0 Å². The lowest BCUT2D eigenvalue weighted by atomic mass is 9.77. The monoisotopic (exact) mass is 202 g/mol. The van der Waals surface area contributed by atoms with Crippen LogP contribution in [0.1, 0.15) is 24.5 Å². The molecule has 1 amide bonds. The second-order valence-corrected chi connectivity index (χ2v) is 4.82. The van der Waals surface area contributed by atoms with Crippen LogP contribution in [0.2, 0.25) is 0 Å². The van der Waals surface area contributed by atoms with Gasteiger partial charge in [0, 0.05) is 35.3 Å². The SMILES string of the molecule is Cc1ccc2c3c1NC(=O)CC3(C)CN2. The summed E-state index contributed by atoms with van der Waals surface area (Å²) in [5.41, 5.74) is 4.63. The molecule has 3 heteroatoms. The van der Waals surface area contributed by atoms with Crippen LogP contribution in [0, 0.1) is 6.92 Å². The van der Waals surface area contributed by atoms with E-state index in [4.69, 9.17) is 0 Å². The Bertz CT molecular complexity index is 467. The van der Waals surface area contributed by atoms with E-state index in [-0.39, 0.29) is 11.3 Å². The molecule has 0 fully saturated rings. The Hall–Kier alpha value is -1.51. The van der Waals surface area contributed by atoms with E-state index in [1.165, 1.54) is 11.3 Å². The van der Waals surface area contributed by atoms with Gasteiger partial charge in [0.25, 0.3) is 0 Å². The zero-order valence-corrected chi connectivity index (χ0v) is 8.98. The number of amides is 1. The van der Waals surface area contributed by atoms with Crippen molar-refractivity contribution < 1.29 is 4.79 Å². The highest BCUT2D eigenvalue weighted by Crippen LogP contribution is 2.47. The smallest absolute Gasteiger partial charge is 0.225 e. The topological polar surface area (TPSA) is 41.1 Å². The standard InChI is InChI=1S/C12H14N2O/c1-7-3-4-8-10-11(7)14-9(15)5-12(10,2)6-13-8/h3-4,13H,5-6H2,1-2H3,(H,14,15). The number of hydrogen-bond donors (Lipinski definition) is 2. The number of carbonyl (C=O) groups is 1. The maximum absolute atomic E-state index is 11.6. The Morgan fingerprint density at radius 3 is 3.00 bits per heavy atom. The number of carbonyl (C=O) groups excluding carboxylic acids is 1. The molecule has 1 aromatic carbocycles. The summed E-state index contributed by atoms with van der Waals surface area (Å²) in [6.07, 6.45) is 0.587. The van der Waals surface area contributed by atoms with Gasteiger partial charge in [-0.3, -0.25) is 4.79 Å². The van der Waals surface area contributed by atoms with E-state index >= 15 is 0 Å². The van der Waals surface area contributed by atoms with Gasteiger partial charge in [-0.25, -0.2) is 0 Å². The molecule has 1 unspecified atom stereocenters. The zero-order chi connectivity index (χ0) is 10.6. The minimum absolute atomic E-state index is 0.0149. The molecule has 0 saturated heterocycles. The summed E-state index contributed by atoms with van der Waals surface area (Å²) < 4.78 is 0. The number of aryl methyl sites for hydroxylation is 1. The summed E-state index contributed by atoms with van der Waals surface area (Å²) in [6, 6.07) is 4.16. The van der Waals surface area contributed by atoms with Gasteiger partial charge in [-0.05, 0) is 18.6 Å². The second-order valence-electron chi connectivity index (χ2n) is 4.82. The third kappa shape index (κ3) is 1.03. The number of hydrogen-bond acceptors (Lipinski definition) is 2. The third-order valence-corrected chi connectivity index (χ3v) is 3.50. The third-order valence-electron chi connectivity index (χ3n) is 3.50. The van der Waals surface area contributed by atoms with Crippen LogP contribution < -0.4 is 10.6 Å². The van der Waals surface area contributed by atoms with Crippen LogP contribution >= 0.6 is 0 Å². The number of anilines is 2. The summed E-state index contributed by atoms with van der Waals surface area (Å²) in [5, 5.41) is 6.36. The fourth-order valence-corrected chi connectivity index (χ4v) is 2.71. The fourth-order valence-electron chi connectivity index (χ4n) is 2.71. The Balaban J connectivity index is 2.31. The van der Waals surface area contributed by atoms with E-state index in [2.05, 4.69) is 29.7 Å². The lowest BCUT2D eigenvalue weighted by Gasteiger charge is -2.31. The predicted octanol–water partition coefficient (Wildman–Crippen LogP) is 2.02. The van der Waals surface area contributed by atoms with Crippen molar-refractivity contribution in [2.45, 2.75) is 25.7 Å². The van der Waals surface area contributed by atoms with Crippen molar-refractivity contribution in [3.05, 3.63) is 23.3 Å². The van der Waals surface area contributed by atoms with Crippen molar-refractivity contribution in [3.63, 3.8) is 0 Å². The minimum atomic E-state index is -0.0149. The van der Waals surface area contributed by atoms with Gasteiger partial charge in [0.2, 0.25) is 5.91 Å². The maximum Gasteiger partial charge on any atom is 0.225 e. The van der Waals surface area contributed by atoms with Gasteiger partial charge in [-0.2, -0.15) is 0 Å². The summed E-state index contributed by atoms with van der Waals surface area (Å²) in [4.78, 5) is 11.6. The van der Waals surface area contributed by atoms with E-state index in [9.17, 15) is 4.79 Å². The lowest BCUT2D eigenvalue weighted by Crippen LogP contribution is -2.35. The van der Waals surface area contributed by atoms with E-state index in [0.717, 1.165) is 17.8 Å².